The summed E-state index contributed by atoms with van der Waals surface area (Å²) < 4.78 is 57.1. The summed E-state index contributed by atoms with van der Waals surface area (Å²) in [6.45, 7) is 0. The zero-order chi connectivity index (χ0) is 21.3. The van der Waals surface area contributed by atoms with Gasteiger partial charge in [-0.1, -0.05) is 12.1 Å². The maximum Gasteiger partial charge on any atom is 0.434 e. The number of nitrogens with one attached hydrogen (secondary N) is 1. The number of rotatable bonds is 4. The molecule has 0 aliphatic carbocycles. The summed E-state index contributed by atoms with van der Waals surface area (Å²) in [5.74, 6) is -1.91. The number of halogens is 4. The predicted octanol–water partition coefficient (Wildman–Crippen LogP) is 4.47. The Kier molecular flexibility index (Phi) is 4.82. The van der Waals surface area contributed by atoms with Crippen molar-refractivity contribution >= 4 is 11.6 Å². The van der Waals surface area contributed by atoms with E-state index < -0.39 is 34.8 Å². The van der Waals surface area contributed by atoms with Crippen LogP contribution in [-0.4, -0.2) is 25.5 Å². The molecule has 4 aromatic rings. The van der Waals surface area contributed by atoms with Gasteiger partial charge in [0.15, 0.2) is 5.69 Å². The standard InChI is InChI=1S/C20H13F4N5O/c21-16-4-1-2-5-17(16)29-18(20(22,23)24)15(12-26-29)19(30)27-13-6-8-14(9-7-13)28-11-3-10-25-28/h1-12H,(H,27,30). The van der Waals surface area contributed by atoms with Gasteiger partial charge in [-0.2, -0.15) is 23.4 Å². The van der Waals surface area contributed by atoms with Crippen LogP contribution in [0.4, 0.5) is 23.2 Å². The fourth-order valence-electron chi connectivity index (χ4n) is 2.91. The van der Waals surface area contributed by atoms with E-state index in [1.165, 1.54) is 24.3 Å². The molecule has 6 nitrogen and oxygen atoms in total. The van der Waals surface area contributed by atoms with Gasteiger partial charge in [-0.3, -0.25) is 4.79 Å². The van der Waals surface area contributed by atoms with Crippen LogP contribution in [0.5, 0.6) is 0 Å². The first kappa shape index (κ1) is 19.4. The number of carbonyl (C=O) groups excluding carboxylic acids is 1. The van der Waals surface area contributed by atoms with Crippen LogP contribution in [0.15, 0.2) is 73.2 Å². The van der Waals surface area contributed by atoms with Crippen molar-refractivity contribution in [1.29, 1.82) is 0 Å². The quantitative estimate of drug-likeness (QED) is 0.501. The van der Waals surface area contributed by atoms with Crippen molar-refractivity contribution in [2.45, 2.75) is 6.18 Å². The van der Waals surface area contributed by atoms with Gasteiger partial charge in [0, 0.05) is 18.1 Å². The fourth-order valence-corrected chi connectivity index (χ4v) is 2.91. The van der Waals surface area contributed by atoms with E-state index in [0.717, 1.165) is 18.3 Å². The van der Waals surface area contributed by atoms with Gasteiger partial charge in [0.1, 0.15) is 11.5 Å². The Morgan fingerprint density at radius 3 is 2.33 bits per heavy atom. The van der Waals surface area contributed by atoms with Gasteiger partial charge >= 0.3 is 6.18 Å². The minimum absolute atomic E-state index is 0.280. The van der Waals surface area contributed by atoms with Gasteiger partial charge in [-0.15, -0.1) is 0 Å². The number of hydrogen-bond donors (Lipinski definition) is 1. The Labute approximate surface area is 167 Å². The third-order valence-corrected chi connectivity index (χ3v) is 4.26. The lowest BCUT2D eigenvalue weighted by Crippen LogP contribution is -2.21. The molecule has 4 rings (SSSR count). The molecule has 2 heterocycles. The van der Waals surface area contributed by atoms with Crippen LogP contribution in [0, 0.1) is 5.82 Å². The van der Waals surface area contributed by atoms with Crippen molar-refractivity contribution in [3.63, 3.8) is 0 Å². The van der Waals surface area contributed by atoms with E-state index in [-0.39, 0.29) is 5.69 Å². The number of aromatic nitrogens is 4. The molecule has 0 atom stereocenters. The first-order chi connectivity index (χ1) is 14.3. The maximum absolute atomic E-state index is 14.0. The molecule has 0 fully saturated rings. The van der Waals surface area contributed by atoms with Crippen LogP contribution in [0.25, 0.3) is 11.4 Å². The summed E-state index contributed by atoms with van der Waals surface area (Å²) in [4.78, 5) is 12.5. The zero-order valence-corrected chi connectivity index (χ0v) is 15.1. The molecular formula is C20H13F4N5O. The SMILES string of the molecule is O=C(Nc1ccc(-n2cccn2)cc1)c1cnn(-c2ccccc2F)c1C(F)(F)F. The first-order valence-electron chi connectivity index (χ1n) is 8.66. The van der Waals surface area contributed by atoms with Crippen LogP contribution in [-0.2, 0) is 6.18 Å². The van der Waals surface area contributed by atoms with Crippen LogP contribution < -0.4 is 5.32 Å². The van der Waals surface area contributed by atoms with E-state index in [4.69, 9.17) is 0 Å². The highest BCUT2D eigenvalue weighted by molar-refractivity contribution is 6.05. The number of alkyl halides is 3. The average molecular weight is 415 g/mol. The number of hydrogen-bond acceptors (Lipinski definition) is 3. The Balaban J connectivity index is 1.65. The highest BCUT2D eigenvalue weighted by atomic mass is 19.4. The Morgan fingerprint density at radius 2 is 1.70 bits per heavy atom. The molecule has 1 N–H and O–H groups in total. The highest BCUT2D eigenvalue weighted by Gasteiger charge is 2.41. The molecule has 0 aliphatic rings. The molecule has 152 valence electrons. The Morgan fingerprint density at radius 1 is 0.967 bits per heavy atom. The molecule has 0 radical (unpaired) electrons. The van der Waals surface area contributed by atoms with Gasteiger partial charge in [-0.05, 0) is 42.5 Å². The molecule has 0 saturated heterocycles. The zero-order valence-electron chi connectivity index (χ0n) is 15.1. The van der Waals surface area contributed by atoms with E-state index >= 15 is 0 Å². The molecule has 0 bridgehead atoms. The van der Waals surface area contributed by atoms with Crippen molar-refractivity contribution in [2.75, 3.05) is 5.32 Å². The van der Waals surface area contributed by atoms with Crippen molar-refractivity contribution in [2.24, 2.45) is 0 Å². The maximum atomic E-state index is 14.0. The lowest BCUT2D eigenvalue weighted by atomic mass is 10.2. The number of nitrogens with zero attached hydrogens (tertiary/aromatic N) is 4. The molecule has 0 unspecified atom stereocenters. The average Bonchev–Trinajstić information content (AvgIpc) is 3.39. The minimum Gasteiger partial charge on any atom is -0.322 e. The number of anilines is 1. The largest absolute Gasteiger partial charge is 0.434 e. The summed E-state index contributed by atoms with van der Waals surface area (Å²) in [7, 11) is 0. The van der Waals surface area contributed by atoms with Gasteiger partial charge in [-0.25, -0.2) is 13.8 Å². The summed E-state index contributed by atoms with van der Waals surface area (Å²) in [6.07, 6.45) is -0.847. The molecule has 0 saturated carbocycles. The van der Waals surface area contributed by atoms with Crippen LogP contribution in [0.3, 0.4) is 0 Å². The third kappa shape index (κ3) is 3.66. The lowest BCUT2D eigenvalue weighted by Gasteiger charge is -2.13. The topological polar surface area (TPSA) is 64.7 Å². The van der Waals surface area contributed by atoms with Gasteiger partial charge < -0.3 is 5.32 Å². The first-order valence-corrected chi connectivity index (χ1v) is 8.66. The second-order valence-corrected chi connectivity index (χ2v) is 6.22. The summed E-state index contributed by atoms with van der Waals surface area (Å²) in [5, 5.41) is 10.1. The van der Waals surface area contributed by atoms with E-state index in [2.05, 4.69) is 15.5 Å². The van der Waals surface area contributed by atoms with E-state index in [0.29, 0.717) is 10.4 Å². The number of para-hydroxylation sites is 1. The van der Waals surface area contributed by atoms with Gasteiger partial charge in [0.25, 0.3) is 5.91 Å². The van der Waals surface area contributed by atoms with Crippen molar-refractivity contribution in [3.05, 3.63) is 90.3 Å². The Hall–Kier alpha value is -3.95. The monoisotopic (exact) mass is 415 g/mol. The van der Waals surface area contributed by atoms with Crippen LogP contribution >= 0.6 is 0 Å². The van der Waals surface area contributed by atoms with Crippen LogP contribution in [0.1, 0.15) is 16.1 Å². The van der Waals surface area contributed by atoms with Crippen molar-refractivity contribution in [3.8, 4) is 11.4 Å². The molecule has 1 amide bonds. The van der Waals surface area contributed by atoms with Crippen LogP contribution in [0.2, 0.25) is 0 Å². The van der Waals surface area contributed by atoms with Crippen molar-refractivity contribution in [1.82, 2.24) is 19.6 Å². The van der Waals surface area contributed by atoms with Gasteiger partial charge in [0.05, 0.1) is 17.4 Å². The minimum atomic E-state index is -4.94. The van der Waals surface area contributed by atoms with Crippen molar-refractivity contribution < 1.29 is 22.4 Å². The third-order valence-electron chi connectivity index (χ3n) is 4.26. The highest BCUT2D eigenvalue weighted by Crippen LogP contribution is 2.34. The Bertz CT molecular complexity index is 1180. The van der Waals surface area contributed by atoms with E-state index in [1.54, 1.807) is 35.3 Å². The second kappa shape index (κ2) is 7.47. The summed E-state index contributed by atoms with van der Waals surface area (Å²) >= 11 is 0. The fraction of sp³-hybridized carbons (Fsp3) is 0.0500. The number of amides is 1. The summed E-state index contributed by atoms with van der Waals surface area (Å²) in [5.41, 5.74) is -1.50. The van der Waals surface area contributed by atoms with E-state index in [1.807, 2.05) is 0 Å². The molecule has 0 aliphatic heterocycles. The normalized spacial score (nSPS) is 11.5. The molecule has 2 aromatic carbocycles. The van der Waals surface area contributed by atoms with E-state index in [9.17, 15) is 22.4 Å². The molecule has 2 aromatic heterocycles. The molecule has 10 heteroatoms. The van der Waals surface area contributed by atoms with Gasteiger partial charge in [0.2, 0.25) is 0 Å². The molecule has 30 heavy (non-hydrogen) atoms. The number of carbonyl (C=O) groups is 1. The molecule has 0 spiro atoms. The smallest absolute Gasteiger partial charge is 0.322 e. The predicted molar refractivity (Wildman–Crippen MR) is 100 cm³/mol. The number of benzene rings is 2. The summed E-state index contributed by atoms with van der Waals surface area (Å²) in [6, 6.07) is 13.0. The second-order valence-electron chi connectivity index (χ2n) is 6.22. The molecular weight excluding hydrogens is 402 g/mol. The lowest BCUT2D eigenvalue weighted by molar-refractivity contribution is -0.143.